The molecule has 1 aliphatic rings. The number of aromatic nitrogens is 2. The van der Waals surface area contributed by atoms with Crippen LogP contribution in [0.3, 0.4) is 0 Å². The maximum Gasteiger partial charge on any atom is 0.163 e. The highest BCUT2D eigenvalue weighted by Crippen LogP contribution is 2.39. The highest BCUT2D eigenvalue weighted by Gasteiger charge is 2.18. The lowest BCUT2D eigenvalue weighted by Crippen LogP contribution is -2.30. The lowest BCUT2D eigenvalue weighted by molar-refractivity contribution is 0.208. The maximum absolute atomic E-state index is 9.86. The molecule has 2 aromatic carbocycles. The molecular formula is C30H30ClN5O4. The Morgan fingerprint density at radius 3 is 2.55 bits per heavy atom. The lowest BCUT2D eigenvalue weighted by atomic mass is 9.99. The van der Waals surface area contributed by atoms with E-state index in [0.717, 1.165) is 31.3 Å². The second-order valence-corrected chi connectivity index (χ2v) is 9.80. The van der Waals surface area contributed by atoms with Crippen LogP contribution in [0, 0.1) is 17.2 Å². The van der Waals surface area contributed by atoms with Gasteiger partial charge in [-0.25, -0.2) is 4.98 Å². The van der Waals surface area contributed by atoms with Crippen LogP contribution < -0.4 is 29.6 Å². The second-order valence-electron chi connectivity index (χ2n) is 9.41. The van der Waals surface area contributed by atoms with E-state index in [1.807, 2.05) is 36.4 Å². The number of hydrogen-bond acceptors (Lipinski definition) is 9. The fraction of sp³-hybridized carbons (Fsp3) is 0.300. The third kappa shape index (κ3) is 6.30. The molecule has 10 heteroatoms. The Kier molecular flexibility index (Phi) is 8.69. The molecule has 0 saturated carbocycles. The molecule has 0 bridgehead atoms. The van der Waals surface area contributed by atoms with Crippen molar-refractivity contribution in [3.63, 3.8) is 0 Å². The van der Waals surface area contributed by atoms with Crippen molar-refractivity contribution in [2.24, 2.45) is 5.92 Å². The van der Waals surface area contributed by atoms with E-state index in [0.29, 0.717) is 68.8 Å². The number of nitrogens with one attached hydrogen (secondary N) is 2. The summed E-state index contributed by atoms with van der Waals surface area (Å²) in [7, 11) is 3.18. The summed E-state index contributed by atoms with van der Waals surface area (Å²) in [6.45, 7) is 2.87. The molecule has 0 radical (unpaired) electrons. The SMILES string of the molecule is COc1cc(Nc2c(C#N)cnc3cc(OCC4CCNCC4)c(OC)cc23)ccc1OCc1cccc(Cl)n1. The number of fused-ring (bicyclic) bond motifs is 1. The van der Waals surface area contributed by atoms with E-state index in [4.69, 9.17) is 30.5 Å². The van der Waals surface area contributed by atoms with Crippen LogP contribution in [0.1, 0.15) is 24.1 Å². The van der Waals surface area contributed by atoms with Crippen molar-refractivity contribution >= 4 is 33.9 Å². The molecular weight excluding hydrogens is 530 g/mol. The minimum Gasteiger partial charge on any atom is -0.493 e. The summed E-state index contributed by atoms with van der Waals surface area (Å²) in [5.74, 6) is 2.78. The van der Waals surface area contributed by atoms with Crippen molar-refractivity contribution in [1.29, 1.82) is 5.26 Å². The summed E-state index contributed by atoms with van der Waals surface area (Å²) in [5, 5.41) is 17.7. The van der Waals surface area contributed by atoms with E-state index in [1.54, 1.807) is 32.5 Å². The molecule has 2 N–H and O–H groups in total. The van der Waals surface area contributed by atoms with E-state index in [1.165, 1.54) is 0 Å². The van der Waals surface area contributed by atoms with Gasteiger partial charge in [-0.2, -0.15) is 5.26 Å². The number of halogens is 1. The molecule has 0 spiro atoms. The first-order valence-electron chi connectivity index (χ1n) is 13.0. The van der Waals surface area contributed by atoms with Crippen LogP contribution in [0.2, 0.25) is 5.15 Å². The molecule has 40 heavy (non-hydrogen) atoms. The van der Waals surface area contributed by atoms with Gasteiger partial charge in [-0.3, -0.25) is 4.98 Å². The molecule has 9 nitrogen and oxygen atoms in total. The summed E-state index contributed by atoms with van der Waals surface area (Å²) in [6, 6.07) is 16.8. The summed E-state index contributed by atoms with van der Waals surface area (Å²) >= 11 is 5.98. The number of anilines is 2. The minimum absolute atomic E-state index is 0.235. The summed E-state index contributed by atoms with van der Waals surface area (Å²) in [5.41, 5.74) is 3.09. The van der Waals surface area contributed by atoms with E-state index in [9.17, 15) is 5.26 Å². The monoisotopic (exact) mass is 559 g/mol. The molecule has 0 aliphatic carbocycles. The normalized spacial score (nSPS) is 13.4. The zero-order chi connectivity index (χ0) is 27.9. The summed E-state index contributed by atoms with van der Waals surface area (Å²) < 4.78 is 23.4. The number of benzene rings is 2. The number of methoxy groups -OCH3 is 2. The van der Waals surface area contributed by atoms with Gasteiger partial charge >= 0.3 is 0 Å². The van der Waals surface area contributed by atoms with Crippen LogP contribution in [-0.4, -0.2) is 43.9 Å². The minimum atomic E-state index is 0.235. The van der Waals surface area contributed by atoms with Crippen molar-refractivity contribution in [2.75, 3.05) is 39.2 Å². The molecule has 5 rings (SSSR count). The van der Waals surface area contributed by atoms with Gasteiger partial charge < -0.3 is 29.6 Å². The fourth-order valence-electron chi connectivity index (χ4n) is 4.64. The highest BCUT2D eigenvalue weighted by molar-refractivity contribution is 6.29. The topological polar surface area (TPSA) is 111 Å². The molecule has 1 saturated heterocycles. The molecule has 0 atom stereocenters. The third-order valence-electron chi connectivity index (χ3n) is 6.79. The van der Waals surface area contributed by atoms with Gasteiger partial charge in [0.2, 0.25) is 0 Å². The first-order chi connectivity index (χ1) is 19.6. The smallest absolute Gasteiger partial charge is 0.163 e. The third-order valence-corrected chi connectivity index (χ3v) is 7.00. The zero-order valence-corrected chi connectivity index (χ0v) is 23.1. The van der Waals surface area contributed by atoms with Gasteiger partial charge in [0, 0.05) is 29.4 Å². The molecule has 4 aromatic rings. The van der Waals surface area contributed by atoms with Gasteiger partial charge in [0.15, 0.2) is 23.0 Å². The van der Waals surface area contributed by atoms with Crippen molar-refractivity contribution in [2.45, 2.75) is 19.4 Å². The molecule has 206 valence electrons. The van der Waals surface area contributed by atoms with E-state index in [2.05, 4.69) is 26.7 Å². The van der Waals surface area contributed by atoms with Crippen LogP contribution in [-0.2, 0) is 6.61 Å². The Balaban J connectivity index is 1.40. The predicted molar refractivity (Wildman–Crippen MR) is 154 cm³/mol. The van der Waals surface area contributed by atoms with Gasteiger partial charge in [0.05, 0.1) is 43.3 Å². The van der Waals surface area contributed by atoms with Gasteiger partial charge in [-0.15, -0.1) is 0 Å². The number of piperidine rings is 1. The molecule has 1 fully saturated rings. The standard InChI is InChI=1S/C30H30ClN5O4/c1-37-26-12-21(6-7-25(26)40-18-22-4-3-5-29(31)35-22)36-30-20(15-32)16-34-24-14-28(27(38-2)13-23(24)30)39-17-19-8-10-33-11-9-19/h3-7,12-14,16,19,33H,8-11,17-18H2,1-2H3,(H,34,36). The van der Waals surface area contributed by atoms with E-state index in [-0.39, 0.29) is 6.61 Å². The maximum atomic E-state index is 9.86. The van der Waals surface area contributed by atoms with Crippen LogP contribution in [0.25, 0.3) is 10.9 Å². The van der Waals surface area contributed by atoms with Crippen LogP contribution in [0.5, 0.6) is 23.0 Å². The lowest BCUT2D eigenvalue weighted by Gasteiger charge is -2.23. The number of nitriles is 1. The van der Waals surface area contributed by atoms with Crippen molar-refractivity contribution in [1.82, 2.24) is 15.3 Å². The van der Waals surface area contributed by atoms with Gasteiger partial charge in [0.1, 0.15) is 17.8 Å². The van der Waals surface area contributed by atoms with Gasteiger partial charge in [-0.1, -0.05) is 17.7 Å². The van der Waals surface area contributed by atoms with Crippen molar-refractivity contribution < 1.29 is 18.9 Å². The molecule has 1 aliphatic heterocycles. The van der Waals surface area contributed by atoms with Gasteiger partial charge in [0.25, 0.3) is 0 Å². The molecule has 0 amide bonds. The predicted octanol–water partition coefficient (Wildman–Crippen LogP) is 5.87. The number of pyridine rings is 2. The number of nitrogens with zero attached hydrogens (tertiary/aromatic N) is 3. The average molecular weight is 560 g/mol. The molecule has 0 unspecified atom stereocenters. The van der Waals surface area contributed by atoms with E-state index >= 15 is 0 Å². The quantitative estimate of drug-likeness (QED) is 0.230. The number of ether oxygens (including phenoxy) is 4. The zero-order valence-electron chi connectivity index (χ0n) is 22.4. The summed E-state index contributed by atoms with van der Waals surface area (Å²) in [6.07, 6.45) is 3.72. The largest absolute Gasteiger partial charge is 0.493 e. The Labute approximate surface area is 238 Å². The Hall–Kier alpha value is -4.26. The molecule has 2 aromatic heterocycles. The van der Waals surface area contributed by atoms with Crippen LogP contribution >= 0.6 is 11.6 Å². The summed E-state index contributed by atoms with van der Waals surface area (Å²) in [4.78, 5) is 8.77. The van der Waals surface area contributed by atoms with E-state index < -0.39 is 0 Å². The molecule has 3 heterocycles. The Morgan fingerprint density at radius 1 is 1.00 bits per heavy atom. The fourth-order valence-corrected chi connectivity index (χ4v) is 4.82. The average Bonchev–Trinajstić information content (AvgIpc) is 2.99. The Morgan fingerprint density at radius 2 is 1.80 bits per heavy atom. The van der Waals surface area contributed by atoms with Crippen molar-refractivity contribution in [3.05, 3.63) is 71.1 Å². The van der Waals surface area contributed by atoms with Crippen LogP contribution in [0.4, 0.5) is 11.4 Å². The number of rotatable bonds is 10. The first kappa shape index (κ1) is 27.3. The highest BCUT2D eigenvalue weighted by atomic mass is 35.5. The second kappa shape index (κ2) is 12.7. The Bertz CT molecular complexity index is 1540. The van der Waals surface area contributed by atoms with Crippen LogP contribution in [0.15, 0.2) is 54.7 Å². The first-order valence-corrected chi connectivity index (χ1v) is 13.4. The van der Waals surface area contributed by atoms with Crippen molar-refractivity contribution in [3.8, 4) is 29.1 Å². The van der Waals surface area contributed by atoms with Gasteiger partial charge in [-0.05, 0) is 62.2 Å². The number of hydrogen-bond donors (Lipinski definition) is 2.